The van der Waals surface area contributed by atoms with E-state index in [4.69, 9.17) is 14.6 Å². The zero-order valence-electron chi connectivity index (χ0n) is 17.3. The maximum absolute atomic E-state index is 12.7. The van der Waals surface area contributed by atoms with Crippen LogP contribution < -0.4 is 15.0 Å². The van der Waals surface area contributed by atoms with E-state index in [-0.39, 0.29) is 12.5 Å². The summed E-state index contributed by atoms with van der Waals surface area (Å²) < 4.78 is 12.5. The molecule has 2 aromatic carbocycles. The molecular formula is C23H26N4O3. The number of nitrogens with zero attached hydrogens (tertiary/aromatic N) is 3. The molecule has 0 bridgehead atoms. The van der Waals surface area contributed by atoms with Crippen LogP contribution in [0.2, 0.25) is 0 Å². The van der Waals surface area contributed by atoms with Gasteiger partial charge in [-0.25, -0.2) is 0 Å². The molecule has 1 fully saturated rings. The topological polar surface area (TPSA) is 68.6 Å². The Morgan fingerprint density at radius 3 is 2.60 bits per heavy atom. The lowest BCUT2D eigenvalue weighted by Crippen LogP contribution is -2.36. The lowest BCUT2D eigenvalue weighted by atomic mass is 10.1. The molecule has 1 amide bonds. The average molecular weight is 406 g/mol. The summed E-state index contributed by atoms with van der Waals surface area (Å²) in [6.07, 6.45) is 1.94. The van der Waals surface area contributed by atoms with Crippen molar-refractivity contribution in [3.8, 4) is 16.9 Å². The fourth-order valence-corrected chi connectivity index (χ4v) is 3.52. The van der Waals surface area contributed by atoms with E-state index in [1.54, 1.807) is 11.8 Å². The first kappa shape index (κ1) is 20.0. The van der Waals surface area contributed by atoms with Gasteiger partial charge in [-0.3, -0.25) is 9.48 Å². The molecule has 0 atom stereocenters. The van der Waals surface area contributed by atoms with Crippen LogP contribution in [-0.4, -0.2) is 49.1 Å². The summed E-state index contributed by atoms with van der Waals surface area (Å²) in [6.45, 7) is 5.09. The molecule has 1 aromatic heterocycles. The first-order valence-corrected chi connectivity index (χ1v) is 10.0. The standard InChI is InChI=1S/C23H26N4O3/c1-17-7-9-18(10-8-17)19-15-27(25-23(19)26-11-13-30-14-12-26)16-22(28)24-20-5-3-4-6-21(20)29-2/h3-10,15H,11-14,16H2,1-2H3,(H,24,28). The molecule has 7 nitrogen and oxygen atoms in total. The van der Waals surface area contributed by atoms with Crippen LogP contribution in [0.4, 0.5) is 11.5 Å². The van der Waals surface area contributed by atoms with Crippen molar-refractivity contribution in [1.29, 1.82) is 0 Å². The van der Waals surface area contributed by atoms with E-state index in [2.05, 4.69) is 41.4 Å². The van der Waals surface area contributed by atoms with Crippen LogP contribution in [0.25, 0.3) is 11.1 Å². The number of aryl methyl sites for hydroxylation is 1. The number of para-hydroxylation sites is 2. The molecule has 1 saturated heterocycles. The minimum atomic E-state index is -0.161. The second-order valence-electron chi connectivity index (χ2n) is 7.28. The van der Waals surface area contributed by atoms with Crippen molar-refractivity contribution in [3.63, 3.8) is 0 Å². The molecule has 7 heteroatoms. The number of carbonyl (C=O) groups is 1. The van der Waals surface area contributed by atoms with Gasteiger partial charge >= 0.3 is 0 Å². The Balaban J connectivity index is 1.58. The number of rotatable bonds is 6. The Bertz CT molecular complexity index is 1010. The summed E-state index contributed by atoms with van der Waals surface area (Å²) in [5.74, 6) is 1.35. The van der Waals surface area contributed by atoms with Gasteiger partial charge in [0.15, 0.2) is 5.82 Å². The zero-order valence-corrected chi connectivity index (χ0v) is 17.3. The van der Waals surface area contributed by atoms with Gasteiger partial charge in [0.25, 0.3) is 0 Å². The van der Waals surface area contributed by atoms with Crippen LogP contribution in [0, 0.1) is 6.92 Å². The second kappa shape index (κ2) is 9.00. The smallest absolute Gasteiger partial charge is 0.246 e. The number of morpholine rings is 1. The van der Waals surface area contributed by atoms with Crippen molar-refractivity contribution in [3.05, 3.63) is 60.3 Å². The summed E-state index contributed by atoms with van der Waals surface area (Å²) in [6, 6.07) is 15.7. The SMILES string of the molecule is COc1ccccc1NC(=O)Cn1cc(-c2ccc(C)cc2)c(N2CCOCC2)n1. The highest BCUT2D eigenvalue weighted by molar-refractivity contribution is 5.92. The Kier molecular flexibility index (Phi) is 5.99. The molecule has 1 aliphatic heterocycles. The van der Waals surface area contributed by atoms with Crippen molar-refractivity contribution in [2.45, 2.75) is 13.5 Å². The van der Waals surface area contributed by atoms with Crippen molar-refractivity contribution in [2.75, 3.05) is 43.6 Å². The van der Waals surface area contributed by atoms with Crippen molar-refractivity contribution < 1.29 is 14.3 Å². The van der Waals surface area contributed by atoms with E-state index in [0.717, 1.165) is 30.0 Å². The minimum Gasteiger partial charge on any atom is -0.495 e. The number of carbonyl (C=O) groups excluding carboxylic acids is 1. The number of hydrogen-bond acceptors (Lipinski definition) is 5. The predicted molar refractivity (Wildman–Crippen MR) is 117 cm³/mol. The van der Waals surface area contributed by atoms with Crippen LogP contribution in [0.1, 0.15) is 5.56 Å². The van der Waals surface area contributed by atoms with Crippen molar-refractivity contribution in [2.24, 2.45) is 0 Å². The molecule has 0 radical (unpaired) electrons. The van der Waals surface area contributed by atoms with Gasteiger partial charge in [-0.2, -0.15) is 5.10 Å². The van der Waals surface area contributed by atoms with Gasteiger partial charge < -0.3 is 19.7 Å². The number of nitrogens with one attached hydrogen (secondary N) is 1. The third-order valence-electron chi connectivity index (χ3n) is 5.10. The van der Waals surface area contributed by atoms with Crippen LogP contribution in [0.15, 0.2) is 54.7 Å². The van der Waals surface area contributed by atoms with Gasteiger partial charge in [0.05, 0.1) is 26.0 Å². The largest absolute Gasteiger partial charge is 0.495 e. The lowest BCUT2D eigenvalue weighted by Gasteiger charge is -2.27. The summed E-state index contributed by atoms with van der Waals surface area (Å²) in [7, 11) is 1.58. The highest BCUT2D eigenvalue weighted by atomic mass is 16.5. The summed E-state index contributed by atoms with van der Waals surface area (Å²) in [4.78, 5) is 14.9. The maximum atomic E-state index is 12.7. The van der Waals surface area contributed by atoms with E-state index < -0.39 is 0 Å². The highest BCUT2D eigenvalue weighted by Crippen LogP contribution is 2.31. The number of hydrogen-bond donors (Lipinski definition) is 1. The zero-order chi connectivity index (χ0) is 20.9. The molecule has 0 unspecified atom stereocenters. The fraction of sp³-hybridized carbons (Fsp3) is 0.304. The van der Waals surface area contributed by atoms with E-state index >= 15 is 0 Å². The van der Waals surface area contributed by atoms with E-state index in [9.17, 15) is 4.79 Å². The Labute approximate surface area is 176 Å². The predicted octanol–water partition coefficient (Wildman–Crippen LogP) is 3.34. The van der Waals surface area contributed by atoms with Crippen LogP contribution in [-0.2, 0) is 16.1 Å². The van der Waals surface area contributed by atoms with Crippen molar-refractivity contribution >= 4 is 17.4 Å². The maximum Gasteiger partial charge on any atom is 0.246 e. The third kappa shape index (κ3) is 4.46. The average Bonchev–Trinajstić information content (AvgIpc) is 3.19. The van der Waals surface area contributed by atoms with Crippen LogP contribution >= 0.6 is 0 Å². The highest BCUT2D eigenvalue weighted by Gasteiger charge is 2.21. The van der Waals surface area contributed by atoms with Gasteiger partial charge in [0.1, 0.15) is 12.3 Å². The first-order chi connectivity index (χ1) is 14.6. The van der Waals surface area contributed by atoms with Gasteiger partial charge in [-0.1, -0.05) is 42.0 Å². The van der Waals surface area contributed by atoms with E-state index in [1.165, 1.54) is 5.56 Å². The van der Waals surface area contributed by atoms with E-state index in [1.807, 2.05) is 30.5 Å². The number of methoxy groups -OCH3 is 1. The molecule has 0 aliphatic carbocycles. The summed E-state index contributed by atoms with van der Waals surface area (Å²) in [5, 5.41) is 7.66. The third-order valence-corrected chi connectivity index (χ3v) is 5.10. The second-order valence-corrected chi connectivity index (χ2v) is 7.28. The molecule has 1 aliphatic rings. The molecule has 2 heterocycles. The van der Waals surface area contributed by atoms with Crippen LogP contribution in [0.5, 0.6) is 5.75 Å². The molecule has 1 N–H and O–H groups in total. The fourth-order valence-electron chi connectivity index (χ4n) is 3.52. The Morgan fingerprint density at radius 2 is 1.87 bits per heavy atom. The molecule has 0 saturated carbocycles. The van der Waals surface area contributed by atoms with E-state index in [0.29, 0.717) is 24.7 Å². The van der Waals surface area contributed by atoms with Gasteiger partial charge in [-0.15, -0.1) is 0 Å². The quantitative estimate of drug-likeness (QED) is 0.680. The number of ether oxygens (including phenoxy) is 2. The van der Waals surface area contributed by atoms with Gasteiger partial charge in [0, 0.05) is 24.8 Å². The lowest BCUT2D eigenvalue weighted by molar-refractivity contribution is -0.116. The molecule has 0 spiro atoms. The van der Waals surface area contributed by atoms with Crippen molar-refractivity contribution in [1.82, 2.24) is 9.78 Å². The number of amides is 1. The number of benzene rings is 2. The number of aromatic nitrogens is 2. The summed E-state index contributed by atoms with van der Waals surface area (Å²) in [5.41, 5.74) is 3.94. The number of anilines is 2. The Morgan fingerprint density at radius 1 is 1.13 bits per heavy atom. The molecule has 30 heavy (non-hydrogen) atoms. The molecule has 156 valence electrons. The van der Waals surface area contributed by atoms with Gasteiger partial charge in [-0.05, 0) is 24.6 Å². The monoisotopic (exact) mass is 406 g/mol. The normalized spacial score (nSPS) is 13.9. The summed E-state index contributed by atoms with van der Waals surface area (Å²) >= 11 is 0. The first-order valence-electron chi connectivity index (χ1n) is 10.0. The minimum absolute atomic E-state index is 0.112. The van der Waals surface area contributed by atoms with Crippen LogP contribution in [0.3, 0.4) is 0 Å². The van der Waals surface area contributed by atoms with Gasteiger partial charge in [0.2, 0.25) is 5.91 Å². The molecular weight excluding hydrogens is 380 g/mol. The molecule has 4 rings (SSSR count). The molecule has 3 aromatic rings. The Hall–Kier alpha value is -3.32.